The first-order chi connectivity index (χ1) is 17.9. The number of pyridine rings is 1. The van der Waals surface area contributed by atoms with Gasteiger partial charge in [0.15, 0.2) is 5.75 Å². The monoisotopic (exact) mass is 505 g/mol. The van der Waals surface area contributed by atoms with Gasteiger partial charge in [0.1, 0.15) is 19.0 Å². The third-order valence-electron chi connectivity index (χ3n) is 6.21. The van der Waals surface area contributed by atoms with Gasteiger partial charge in [0, 0.05) is 18.0 Å². The predicted octanol–water partition coefficient (Wildman–Crippen LogP) is 8.07. The number of hydrogen-bond donors (Lipinski definition) is 0. The van der Waals surface area contributed by atoms with Crippen molar-refractivity contribution in [1.29, 1.82) is 0 Å². The molecule has 5 heteroatoms. The van der Waals surface area contributed by atoms with Crippen LogP contribution in [0.1, 0.15) is 78.7 Å². The highest BCUT2D eigenvalue weighted by atomic mass is 16.5. The Balaban J connectivity index is 2.01. The normalized spacial score (nSPS) is 11.1. The van der Waals surface area contributed by atoms with Crippen molar-refractivity contribution in [1.82, 2.24) is 4.57 Å². The Morgan fingerprint density at radius 1 is 0.919 bits per heavy atom. The molecule has 0 spiro atoms. The number of unbranched alkanes of at least 4 members (excludes halogenated alkanes) is 5. The minimum Gasteiger partial charge on any atom is -0.489 e. The first-order valence-electron chi connectivity index (χ1n) is 13.7. The molecule has 0 aliphatic rings. The van der Waals surface area contributed by atoms with Gasteiger partial charge < -0.3 is 18.8 Å². The van der Waals surface area contributed by atoms with Crippen molar-refractivity contribution in [3.8, 4) is 17.2 Å². The first kappa shape index (κ1) is 28.4. The van der Waals surface area contributed by atoms with E-state index in [0.717, 1.165) is 40.6 Å². The molecule has 0 N–H and O–H groups in total. The quantitative estimate of drug-likeness (QED) is 0.155. The third kappa shape index (κ3) is 8.41. The van der Waals surface area contributed by atoms with Gasteiger partial charge in [-0.3, -0.25) is 4.79 Å². The molecule has 0 aliphatic carbocycles. The van der Waals surface area contributed by atoms with E-state index in [2.05, 4.69) is 6.92 Å². The highest BCUT2D eigenvalue weighted by molar-refractivity contribution is 5.89. The maximum absolute atomic E-state index is 13.8. The van der Waals surface area contributed by atoms with Crippen molar-refractivity contribution < 1.29 is 14.2 Å². The molecule has 0 unspecified atom stereocenters. The summed E-state index contributed by atoms with van der Waals surface area (Å²) in [5.41, 5.74) is 2.91. The Morgan fingerprint density at radius 2 is 1.65 bits per heavy atom. The summed E-state index contributed by atoms with van der Waals surface area (Å²) in [6.07, 6.45) is 8.80. The number of hydrogen-bond acceptors (Lipinski definition) is 4. The highest BCUT2D eigenvalue weighted by Crippen LogP contribution is 2.35. The largest absolute Gasteiger partial charge is 0.489 e. The SMILES string of the molecule is CCCCCCCCn1c(=O)c(OC(C)C)c(OCC=C(C)C)c2ccc(OCc3ccccc3)cc21. The summed E-state index contributed by atoms with van der Waals surface area (Å²) in [7, 11) is 0. The van der Waals surface area contributed by atoms with Crippen molar-refractivity contribution in [3.05, 3.63) is 76.1 Å². The van der Waals surface area contributed by atoms with Crippen LogP contribution in [-0.2, 0) is 13.2 Å². The summed E-state index contributed by atoms with van der Waals surface area (Å²) >= 11 is 0. The molecule has 0 bridgehead atoms. The molecule has 0 aliphatic heterocycles. The Hall–Kier alpha value is -3.21. The summed E-state index contributed by atoms with van der Waals surface area (Å²) in [5, 5.41) is 0.857. The third-order valence-corrected chi connectivity index (χ3v) is 6.21. The van der Waals surface area contributed by atoms with Crippen LogP contribution in [0.3, 0.4) is 0 Å². The Labute approximate surface area is 222 Å². The summed E-state index contributed by atoms with van der Waals surface area (Å²) in [6, 6.07) is 16.0. The van der Waals surface area contributed by atoms with Gasteiger partial charge >= 0.3 is 0 Å². The smallest absolute Gasteiger partial charge is 0.297 e. The lowest BCUT2D eigenvalue weighted by molar-refractivity contribution is 0.222. The van der Waals surface area contributed by atoms with Gasteiger partial charge in [-0.1, -0.05) is 74.9 Å². The molecule has 3 aromatic rings. The fraction of sp³-hybridized carbons (Fsp3) is 0.469. The molecule has 200 valence electrons. The number of benzene rings is 2. The van der Waals surface area contributed by atoms with E-state index in [9.17, 15) is 4.79 Å². The van der Waals surface area contributed by atoms with Gasteiger partial charge in [0.2, 0.25) is 5.75 Å². The van der Waals surface area contributed by atoms with Gasteiger partial charge in [0.05, 0.1) is 11.6 Å². The maximum Gasteiger partial charge on any atom is 0.297 e. The van der Waals surface area contributed by atoms with Crippen LogP contribution in [0.4, 0.5) is 0 Å². The van der Waals surface area contributed by atoms with Crippen LogP contribution in [0.5, 0.6) is 17.2 Å². The zero-order valence-electron chi connectivity index (χ0n) is 23.2. The lowest BCUT2D eigenvalue weighted by atomic mass is 10.1. The van der Waals surface area contributed by atoms with Crippen LogP contribution in [0.2, 0.25) is 0 Å². The Bertz CT molecular complexity index is 1210. The van der Waals surface area contributed by atoms with Gasteiger partial charge in [-0.25, -0.2) is 0 Å². The molecule has 3 rings (SSSR count). The molecular formula is C32H43NO4. The molecule has 0 atom stereocenters. The topological polar surface area (TPSA) is 49.7 Å². The zero-order chi connectivity index (χ0) is 26.6. The molecule has 1 aromatic heterocycles. The van der Waals surface area contributed by atoms with Crippen molar-refractivity contribution in [2.24, 2.45) is 0 Å². The molecular weight excluding hydrogens is 462 g/mol. The lowest BCUT2D eigenvalue weighted by Crippen LogP contribution is -2.25. The van der Waals surface area contributed by atoms with Gasteiger partial charge in [-0.2, -0.15) is 0 Å². The second kappa shape index (κ2) is 14.5. The molecule has 1 heterocycles. The molecule has 0 saturated carbocycles. The standard InChI is InChI=1S/C32H43NO4/c1-6-7-8-9-10-14-20-33-29-22-27(36-23-26-15-12-11-13-16-26)17-18-28(29)30(35-21-19-24(2)3)31(32(33)34)37-25(4)5/h11-13,15-19,22,25H,6-10,14,20-21,23H2,1-5H3. The van der Waals surface area contributed by atoms with E-state index in [1.165, 1.54) is 25.7 Å². The van der Waals surface area contributed by atoms with Crippen molar-refractivity contribution in [2.45, 2.75) is 92.4 Å². The van der Waals surface area contributed by atoms with E-state index < -0.39 is 0 Å². The number of allylic oxidation sites excluding steroid dienone is 1. The van der Waals surface area contributed by atoms with Gasteiger partial charge in [-0.05, 0) is 57.9 Å². The lowest BCUT2D eigenvalue weighted by Gasteiger charge is -2.20. The predicted molar refractivity (Wildman–Crippen MR) is 153 cm³/mol. The molecule has 0 fully saturated rings. The van der Waals surface area contributed by atoms with Crippen LogP contribution in [-0.4, -0.2) is 17.3 Å². The average Bonchev–Trinajstić information content (AvgIpc) is 2.88. The van der Waals surface area contributed by atoms with E-state index >= 15 is 0 Å². The van der Waals surface area contributed by atoms with E-state index in [4.69, 9.17) is 14.2 Å². The van der Waals surface area contributed by atoms with Crippen molar-refractivity contribution >= 4 is 10.9 Å². The number of ether oxygens (including phenoxy) is 3. The van der Waals surface area contributed by atoms with E-state index in [0.29, 0.717) is 25.5 Å². The van der Waals surface area contributed by atoms with Gasteiger partial charge in [-0.15, -0.1) is 0 Å². The first-order valence-corrected chi connectivity index (χ1v) is 13.7. The van der Waals surface area contributed by atoms with Crippen molar-refractivity contribution in [2.75, 3.05) is 6.61 Å². The number of rotatable bonds is 15. The van der Waals surface area contributed by atoms with E-state index in [1.54, 1.807) is 0 Å². The Kier molecular flexibility index (Phi) is 11.1. The summed E-state index contributed by atoms with van der Waals surface area (Å²) in [4.78, 5) is 13.8. The number of fused-ring (bicyclic) bond motifs is 1. The average molecular weight is 506 g/mol. The Morgan fingerprint density at radius 3 is 2.35 bits per heavy atom. The van der Waals surface area contributed by atoms with Crippen LogP contribution in [0, 0.1) is 0 Å². The molecule has 2 aromatic carbocycles. The number of aromatic nitrogens is 1. The zero-order valence-corrected chi connectivity index (χ0v) is 23.2. The number of nitrogens with zero attached hydrogens (tertiary/aromatic N) is 1. The second-order valence-corrected chi connectivity index (χ2v) is 10.1. The van der Waals surface area contributed by atoms with Crippen LogP contribution >= 0.6 is 0 Å². The fourth-order valence-electron chi connectivity index (χ4n) is 4.26. The molecule has 0 amide bonds. The molecule has 0 radical (unpaired) electrons. The molecule has 5 nitrogen and oxygen atoms in total. The van der Waals surface area contributed by atoms with Crippen molar-refractivity contribution in [3.63, 3.8) is 0 Å². The number of aryl methyl sites for hydroxylation is 1. The van der Waals surface area contributed by atoms with E-state index in [1.807, 2.05) is 86.9 Å². The summed E-state index contributed by atoms with van der Waals surface area (Å²) < 4.78 is 20.2. The molecule has 0 saturated heterocycles. The van der Waals surface area contributed by atoms with E-state index in [-0.39, 0.29) is 17.4 Å². The minimum absolute atomic E-state index is 0.146. The maximum atomic E-state index is 13.8. The highest BCUT2D eigenvalue weighted by Gasteiger charge is 2.21. The van der Waals surface area contributed by atoms with Crippen LogP contribution in [0.15, 0.2) is 65.0 Å². The fourth-order valence-corrected chi connectivity index (χ4v) is 4.26. The summed E-state index contributed by atoms with van der Waals surface area (Å²) in [6.45, 7) is 11.6. The minimum atomic E-state index is -0.151. The van der Waals surface area contributed by atoms with Crippen LogP contribution in [0.25, 0.3) is 10.9 Å². The second-order valence-electron chi connectivity index (χ2n) is 10.1. The summed E-state index contributed by atoms with van der Waals surface area (Å²) in [5.74, 6) is 1.51. The van der Waals surface area contributed by atoms with Gasteiger partial charge in [0.25, 0.3) is 5.56 Å². The molecule has 37 heavy (non-hydrogen) atoms. The van der Waals surface area contributed by atoms with Crippen LogP contribution < -0.4 is 19.8 Å².